The SMILES string of the molecule is COc1ccc(CN2CCN(C3CC3)CC2)c(N)c1. The minimum absolute atomic E-state index is 0.833. The number of methoxy groups -OCH3 is 1. The summed E-state index contributed by atoms with van der Waals surface area (Å²) in [6.07, 6.45) is 2.82. The average Bonchev–Trinajstić information content (AvgIpc) is 3.26. The van der Waals surface area contributed by atoms with Crippen LogP contribution >= 0.6 is 0 Å². The van der Waals surface area contributed by atoms with E-state index in [1.807, 2.05) is 12.1 Å². The zero-order valence-corrected chi connectivity index (χ0v) is 11.6. The van der Waals surface area contributed by atoms with Crippen LogP contribution in [0, 0.1) is 0 Å². The van der Waals surface area contributed by atoms with Gasteiger partial charge in [-0.05, 0) is 24.5 Å². The van der Waals surface area contributed by atoms with Crippen LogP contribution in [0.4, 0.5) is 5.69 Å². The predicted molar refractivity (Wildman–Crippen MR) is 77.3 cm³/mol. The van der Waals surface area contributed by atoms with E-state index in [1.165, 1.54) is 31.5 Å². The second-order valence-electron chi connectivity index (χ2n) is 5.61. The minimum atomic E-state index is 0.833. The second-order valence-corrected chi connectivity index (χ2v) is 5.61. The van der Waals surface area contributed by atoms with Gasteiger partial charge in [0.05, 0.1) is 7.11 Å². The fourth-order valence-electron chi connectivity index (χ4n) is 2.81. The number of hydrogen-bond donors (Lipinski definition) is 1. The maximum atomic E-state index is 6.08. The van der Waals surface area contributed by atoms with Gasteiger partial charge in [-0.3, -0.25) is 9.80 Å². The summed E-state index contributed by atoms with van der Waals surface area (Å²) >= 11 is 0. The van der Waals surface area contributed by atoms with Crippen molar-refractivity contribution in [1.82, 2.24) is 9.80 Å². The van der Waals surface area contributed by atoms with Crippen LogP contribution in [0.2, 0.25) is 0 Å². The summed E-state index contributed by atoms with van der Waals surface area (Å²) in [5.41, 5.74) is 8.13. The highest BCUT2D eigenvalue weighted by atomic mass is 16.5. The van der Waals surface area contributed by atoms with Crippen molar-refractivity contribution in [1.29, 1.82) is 0 Å². The Balaban J connectivity index is 1.56. The topological polar surface area (TPSA) is 41.7 Å². The first-order valence-corrected chi connectivity index (χ1v) is 7.15. The van der Waals surface area contributed by atoms with Gasteiger partial charge in [0, 0.05) is 50.5 Å². The van der Waals surface area contributed by atoms with Gasteiger partial charge in [-0.15, -0.1) is 0 Å². The van der Waals surface area contributed by atoms with Gasteiger partial charge >= 0.3 is 0 Å². The molecule has 2 aliphatic rings. The van der Waals surface area contributed by atoms with Crippen LogP contribution in [-0.4, -0.2) is 49.1 Å². The number of benzene rings is 1. The standard InChI is InChI=1S/C15H23N3O/c1-19-14-5-2-12(15(16)10-14)11-17-6-8-18(9-7-17)13-3-4-13/h2,5,10,13H,3-4,6-9,11,16H2,1H3. The largest absolute Gasteiger partial charge is 0.497 e. The second kappa shape index (κ2) is 5.39. The molecule has 2 fully saturated rings. The quantitative estimate of drug-likeness (QED) is 0.835. The van der Waals surface area contributed by atoms with E-state index >= 15 is 0 Å². The summed E-state index contributed by atoms with van der Waals surface area (Å²) in [6, 6.07) is 6.89. The van der Waals surface area contributed by atoms with Crippen molar-refractivity contribution >= 4 is 5.69 Å². The van der Waals surface area contributed by atoms with Crippen LogP contribution in [0.3, 0.4) is 0 Å². The van der Waals surface area contributed by atoms with E-state index in [-0.39, 0.29) is 0 Å². The lowest BCUT2D eigenvalue weighted by molar-refractivity contribution is 0.121. The zero-order chi connectivity index (χ0) is 13.2. The van der Waals surface area contributed by atoms with E-state index in [0.29, 0.717) is 0 Å². The highest BCUT2D eigenvalue weighted by Gasteiger charge is 2.31. The summed E-state index contributed by atoms with van der Waals surface area (Å²) in [7, 11) is 1.67. The summed E-state index contributed by atoms with van der Waals surface area (Å²) in [6.45, 7) is 5.68. The monoisotopic (exact) mass is 261 g/mol. The van der Waals surface area contributed by atoms with Gasteiger partial charge in [0.2, 0.25) is 0 Å². The first-order valence-electron chi connectivity index (χ1n) is 7.15. The van der Waals surface area contributed by atoms with Gasteiger partial charge < -0.3 is 10.5 Å². The molecule has 1 saturated heterocycles. The Bertz CT molecular complexity index is 437. The van der Waals surface area contributed by atoms with Gasteiger partial charge in [-0.2, -0.15) is 0 Å². The predicted octanol–water partition coefficient (Wildman–Crippen LogP) is 1.56. The number of nitrogens with zero attached hydrogens (tertiary/aromatic N) is 2. The Morgan fingerprint density at radius 2 is 1.95 bits per heavy atom. The Labute approximate surface area is 115 Å². The van der Waals surface area contributed by atoms with Crippen molar-refractivity contribution in [2.24, 2.45) is 0 Å². The number of nitrogens with two attached hydrogens (primary N) is 1. The fourth-order valence-corrected chi connectivity index (χ4v) is 2.81. The van der Waals surface area contributed by atoms with Gasteiger partial charge in [0.1, 0.15) is 5.75 Å². The normalized spacial score (nSPS) is 21.5. The highest BCUT2D eigenvalue weighted by Crippen LogP contribution is 2.28. The molecule has 1 aliphatic heterocycles. The van der Waals surface area contributed by atoms with E-state index in [9.17, 15) is 0 Å². The van der Waals surface area contributed by atoms with Crippen molar-refractivity contribution in [2.75, 3.05) is 39.0 Å². The summed E-state index contributed by atoms with van der Waals surface area (Å²) in [5.74, 6) is 0.833. The molecule has 1 aromatic carbocycles. The van der Waals surface area contributed by atoms with E-state index in [2.05, 4.69) is 15.9 Å². The molecule has 1 heterocycles. The summed E-state index contributed by atoms with van der Waals surface area (Å²) in [4.78, 5) is 5.13. The zero-order valence-electron chi connectivity index (χ0n) is 11.6. The van der Waals surface area contributed by atoms with Gasteiger partial charge in [-0.25, -0.2) is 0 Å². The summed E-state index contributed by atoms with van der Waals surface area (Å²) in [5, 5.41) is 0. The minimum Gasteiger partial charge on any atom is -0.497 e. The third-order valence-electron chi connectivity index (χ3n) is 4.22. The van der Waals surface area contributed by atoms with Crippen molar-refractivity contribution in [3.63, 3.8) is 0 Å². The van der Waals surface area contributed by atoms with Gasteiger partial charge in [0.15, 0.2) is 0 Å². The number of nitrogen functional groups attached to an aromatic ring is 1. The van der Waals surface area contributed by atoms with Crippen molar-refractivity contribution < 1.29 is 4.74 Å². The smallest absolute Gasteiger partial charge is 0.120 e. The van der Waals surface area contributed by atoms with E-state index in [0.717, 1.165) is 37.1 Å². The molecule has 4 heteroatoms. The van der Waals surface area contributed by atoms with Crippen molar-refractivity contribution in [3.05, 3.63) is 23.8 Å². The Kier molecular flexibility index (Phi) is 3.62. The third-order valence-corrected chi connectivity index (χ3v) is 4.22. The van der Waals surface area contributed by atoms with E-state index < -0.39 is 0 Å². The first kappa shape index (κ1) is 12.8. The lowest BCUT2D eigenvalue weighted by atomic mass is 10.1. The lowest BCUT2D eigenvalue weighted by Crippen LogP contribution is -2.46. The average molecular weight is 261 g/mol. The van der Waals surface area contributed by atoms with Crippen LogP contribution < -0.4 is 10.5 Å². The third kappa shape index (κ3) is 3.01. The van der Waals surface area contributed by atoms with Crippen LogP contribution in [-0.2, 0) is 6.54 Å². The molecule has 1 saturated carbocycles. The molecule has 19 heavy (non-hydrogen) atoms. The van der Waals surface area contributed by atoms with Crippen LogP contribution in [0.25, 0.3) is 0 Å². The molecule has 0 atom stereocenters. The molecule has 1 aromatic rings. The fraction of sp³-hybridized carbons (Fsp3) is 0.600. The molecular formula is C15H23N3O. The molecule has 4 nitrogen and oxygen atoms in total. The molecule has 0 unspecified atom stereocenters. The van der Waals surface area contributed by atoms with E-state index in [1.54, 1.807) is 7.11 Å². The maximum absolute atomic E-state index is 6.08. The Hall–Kier alpha value is -1.26. The molecule has 2 N–H and O–H groups in total. The molecule has 1 aliphatic carbocycles. The number of piperazine rings is 1. The molecule has 3 rings (SSSR count). The van der Waals surface area contributed by atoms with Gasteiger partial charge in [-0.1, -0.05) is 6.07 Å². The van der Waals surface area contributed by atoms with Crippen LogP contribution in [0.5, 0.6) is 5.75 Å². The molecule has 0 spiro atoms. The van der Waals surface area contributed by atoms with Crippen LogP contribution in [0.1, 0.15) is 18.4 Å². The molecule has 104 valence electrons. The van der Waals surface area contributed by atoms with Gasteiger partial charge in [0.25, 0.3) is 0 Å². The number of hydrogen-bond acceptors (Lipinski definition) is 4. The van der Waals surface area contributed by atoms with Crippen LogP contribution in [0.15, 0.2) is 18.2 Å². The maximum Gasteiger partial charge on any atom is 0.120 e. The number of anilines is 1. The Morgan fingerprint density at radius 1 is 1.21 bits per heavy atom. The Morgan fingerprint density at radius 3 is 2.53 bits per heavy atom. The number of rotatable bonds is 4. The van der Waals surface area contributed by atoms with E-state index in [4.69, 9.17) is 10.5 Å². The lowest BCUT2D eigenvalue weighted by Gasteiger charge is -2.35. The number of ether oxygens (including phenoxy) is 1. The molecule has 0 bridgehead atoms. The molecular weight excluding hydrogens is 238 g/mol. The van der Waals surface area contributed by atoms with Crippen molar-refractivity contribution in [2.45, 2.75) is 25.4 Å². The van der Waals surface area contributed by atoms with Crippen molar-refractivity contribution in [3.8, 4) is 5.75 Å². The highest BCUT2D eigenvalue weighted by molar-refractivity contribution is 5.51. The molecule has 0 amide bonds. The summed E-state index contributed by atoms with van der Waals surface area (Å²) < 4.78 is 5.19. The molecule has 0 radical (unpaired) electrons. The molecule has 0 aromatic heterocycles. The first-order chi connectivity index (χ1) is 9.26.